The number of ether oxygens (including phenoxy) is 1. The van der Waals surface area contributed by atoms with Crippen molar-refractivity contribution < 1.29 is 13.2 Å². The number of aryl methyl sites for hydroxylation is 1. The first-order valence-electron chi connectivity index (χ1n) is 5.61. The fourth-order valence-electron chi connectivity index (χ4n) is 1.52. The molecule has 1 aromatic rings. The van der Waals surface area contributed by atoms with Crippen molar-refractivity contribution >= 4 is 33.0 Å². The Morgan fingerprint density at radius 1 is 1.50 bits per heavy atom. The number of thiophene rings is 1. The van der Waals surface area contributed by atoms with Crippen molar-refractivity contribution in [1.82, 2.24) is 4.31 Å². The predicted octanol–water partition coefficient (Wildman–Crippen LogP) is 2.45. The third-order valence-electron chi connectivity index (χ3n) is 2.61. The van der Waals surface area contributed by atoms with Crippen molar-refractivity contribution in [3.8, 4) is 0 Å². The molecular formula is C11H18ClNO3S2. The standard InChI is InChI=1S/C11H18ClNO3S2/c1-4-13(5-6-16-3)18(14,15)11-7-9(2)10(8-12)17-11/h7H,4-6,8H2,1-3H3. The van der Waals surface area contributed by atoms with Gasteiger partial charge in [0.25, 0.3) is 10.0 Å². The second-order valence-corrected chi connectivity index (χ2v) is 7.36. The Kier molecular flexibility index (Phi) is 6.07. The van der Waals surface area contributed by atoms with E-state index in [0.717, 1.165) is 10.4 Å². The van der Waals surface area contributed by atoms with Crippen molar-refractivity contribution in [3.05, 3.63) is 16.5 Å². The quantitative estimate of drug-likeness (QED) is 0.727. The lowest BCUT2D eigenvalue weighted by atomic mass is 10.3. The first-order valence-corrected chi connectivity index (χ1v) is 8.40. The summed E-state index contributed by atoms with van der Waals surface area (Å²) < 4.78 is 31.5. The van der Waals surface area contributed by atoms with Crippen LogP contribution < -0.4 is 0 Å². The molecule has 104 valence electrons. The molecule has 0 fully saturated rings. The van der Waals surface area contributed by atoms with Gasteiger partial charge < -0.3 is 4.74 Å². The molecule has 18 heavy (non-hydrogen) atoms. The maximum Gasteiger partial charge on any atom is 0.252 e. The number of rotatable bonds is 7. The Morgan fingerprint density at radius 3 is 2.61 bits per heavy atom. The van der Waals surface area contributed by atoms with E-state index in [1.807, 2.05) is 13.8 Å². The molecule has 0 saturated heterocycles. The monoisotopic (exact) mass is 311 g/mol. The minimum absolute atomic E-state index is 0.343. The summed E-state index contributed by atoms with van der Waals surface area (Å²) in [5, 5.41) is 0. The second-order valence-electron chi connectivity index (χ2n) is 3.79. The highest BCUT2D eigenvalue weighted by molar-refractivity contribution is 7.91. The van der Waals surface area contributed by atoms with Crippen LogP contribution in [0.1, 0.15) is 17.4 Å². The maximum atomic E-state index is 12.4. The normalized spacial score (nSPS) is 12.3. The summed E-state index contributed by atoms with van der Waals surface area (Å²) >= 11 is 7.02. The van der Waals surface area contributed by atoms with E-state index < -0.39 is 10.0 Å². The summed E-state index contributed by atoms with van der Waals surface area (Å²) in [5.41, 5.74) is 0.927. The predicted molar refractivity (Wildman–Crippen MR) is 74.9 cm³/mol. The Balaban J connectivity index is 3.02. The molecule has 0 radical (unpaired) electrons. The van der Waals surface area contributed by atoms with Gasteiger partial charge in [0.15, 0.2) is 0 Å². The van der Waals surface area contributed by atoms with E-state index in [-0.39, 0.29) is 0 Å². The molecule has 0 N–H and O–H groups in total. The molecule has 0 unspecified atom stereocenters. The van der Waals surface area contributed by atoms with Crippen LogP contribution in [0.4, 0.5) is 0 Å². The minimum Gasteiger partial charge on any atom is -0.383 e. The number of nitrogens with zero attached hydrogens (tertiary/aromatic N) is 1. The number of alkyl halides is 1. The van der Waals surface area contributed by atoms with Crippen molar-refractivity contribution in [2.75, 3.05) is 26.8 Å². The first-order chi connectivity index (χ1) is 8.47. The molecule has 1 heterocycles. The average molecular weight is 312 g/mol. The van der Waals surface area contributed by atoms with Gasteiger partial charge in [-0.05, 0) is 18.6 Å². The SMILES string of the molecule is CCN(CCOC)S(=O)(=O)c1cc(C)c(CCl)s1. The van der Waals surface area contributed by atoms with Gasteiger partial charge in [0.1, 0.15) is 4.21 Å². The molecule has 0 aliphatic heterocycles. The van der Waals surface area contributed by atoms with Crippen LogP contribution in [0.3, 0.4) is 0 Å². The zero-order valence-electron chi connectivity index (χ0n) is 10.8. The van der Waals surface area contributed by atoms with Crippen molar-refractivity contribution in [2.45, 2.75) is 23.9 Å². The van der Waals surface area contributed by atoms with E-state index in [9.17, 15) is 8.42 Å². The number of likely N-dealkylation sites (N-methyl/N-ethyl adjacent to an activating group) is 1. The summed E-state index contributed by atoms with van der Waals surface area (Å²) in [6, 6.07) is 1.69. The van der Waals surface area contributed by atoms with Crippen LogP contribution in [0, 0.1) is 6.92 Å². The zero-order chi connectivity index (χ0) is 13.8. The van der Waals surface area contributed by atoms with Gasteiger partial charge >= 0.3 is 0 Å². The molecule has 0 aromatic carbocycles. The molecule has 0 atom stereocenters. The Labute approximate surface area is 118 Å². The van der Waals surface area contributed by atoms with Gasteiger partial charge in [-0.25, -0.2) is 8.42 Å². The number of hydrogen-bond acceptors (Lipinski definition) is 4. The second kappa shape index (κ2) is 6.86. The lowest BCUT2D eigenvalue weighted by Crippen LogP contribution is -2.33. The fraction of sp³-hybridized carbons (Fsp3) is 0.636. The third kappa shape index (κ3) is 3.45. The molecule has 0 aliphatic rings. The van der Waals surface area contributed by atoms with E-state index in [1.165, 1.54) is 15.6 Å². The van der Waals surface area contributed by atoms with Crippen molar-refractivity contribution in [3.63, 3.8) is 0 Å². The van der Waals surface area contributed by atoms with Crippen LogP contribution in [-0.4, -0.2) is 39.5 Å². The van der Waals surface area contributed by atoms with Crippen molar-refractivity contribution in [1.29, 1.82) is 0 Å². The van der Waals surface area contributed by atoms with Crippen LogP contribution in [0.5, 0.6) is 0 Å². The first kappa shape index (κ1) is 15.9. The Hall–Kier alpha value is -0.140. The fourth-order valence-corrected chi connectivity index (χ4v) is 4.92. The largest absolute Gasteiger partial charge is 0.383 e. The van der Waals surface area contributed by atoms with E-state index in [1.54, 1.807) is 13.2 Å². The van der Waals surface area contributed by atoms with Crippen LogP contribution in [-0.2, 0) is 20.6 Å². The van der Waals surface area contributed by atoms with Crippen LogP contribution >= 0.6 is 22.9 Å². The molecule has 1 rings (SSSR count). The van der Waals surface area contributed by atoms with Gasteiger partial charge in [0.05, 0.1) is 12.5 Å². The maximum absolute atomic E-state index is 12.4. The highest BCUT2D eigenvalue weighted by Crippen LogP contribution is 2.29. The number of hydrogen-bond donors (Lipinski definition) is 0. The molecule has 0 spiro atoms. The topological polar surface area (TPSA) is 46.6 Å². The highest BCUT2D eigenvalue weighted by Gasteiger charge is 2.25. The summed E-state index contributed by atoms with van der Waals surface area (Å²) in [6.07, 6.45) is 0. The van der Waals surface area contributed by atoms with Crippen molar-refractivity contribution in [2.24, 2.45) is 0 Å². The van der Waals surface area contributed by atoms with Crippen LogP contribution in [0.15, 0.2) is 10.3 Å². The van der Waals surface area contributed by atoms with Gasteiger partial charge in [-0.2, -0.15) is 4.31 Å². The summed E-state index contributed by atoms with van der Waals surface area (Å²) in [7, 11) is -1.87. The number of halogens is 1. The van der Waals surface area contributed by atoms with Gasteiger partial charge in [0.2, 0.25) is 0 Å². The molecule has 7 heteroatoms. The van der Waals surface area contributed by atoms with Crippen LogP contribution in [0.25, 0.3) is 0 Å². The number of sulfonamides is 1. The smallest absolute Gasteiger partial charge is 0.252 e. The molecule has 0 amide bonds. The molecular weight excluding hydrogens is 294 g/mol. The van der Waals surface area contributed by atoms with E-state index in [0.29, 0.717) is 29.8 Å². The molecule has 0 saturated carbocycles. The molecule has 1 aromatic heterocycles. The van der Waals surface area contributed by atoms with E-state index in [2.05, 4.69) is 0 Å². The zero-order valence-corrected chi connectivity index (χ0v) is 13.2. The number of methoxy groups -OCH3 is 1. The van der Waals surface area contributed by atoms with Gasteiger partial charge in [-0.15, -0.1) is 22.9 Å². The van der Waals surface area contributed by atoms with Gasteiger partial charge in [-0.3, -0.25) is 0 Å². The lowest BCUT2D eigenvalue weighted by molar-refractivity contribution is 0.180. The average Bonchev–Trinajstić information content (AvgIpc) is 2.72. The van der Waals surface area contributed by atoms with Gasteiger partial charge in [0, 0.05) is 25.1 Å². The molecule has 0 aliphatic carbocycles. The molecule has 0 bridgehead atoms. The third-order valence-corrected chi connectivity index (χ3v) is 6.70. The summed E-state index contributed by atoms with van der Waals surface area (Å²) in [6.45, 7) is 4.87. The summed E-state index contributed by atoms with van der Waals surface area (Å²) in [5.74, 6) is 0.343. The van der Waals surface area contributed by atoms with E-state index in [4.69, 9.17) is 16.3 Å². The summed E-state index contributed by atoms with van der Waals surface area (Å²) in [4.78, 5) is 0.901. The van der Waals surface area contributed by atoms with Gasteiger partial charge in [-0.1, -0.05) is 6.92 Å². The van der Waals surface area contributed by atoms with Crippen LogP contribution in [0.2, 0.25) is 0 Å². The van der Waals surface area contributed by atoms with E-state index >= 15 is 0 Å². The minimum atomic E-state index is -3.42. The molecule has 4 nitrogen and oxygen atoms in total. The highest BCUT2D eigenvalue weighted by atomic mass is 35.5. The Bertz CT molecular complexity index is 484. The Morgan fingerprint density at radius 2 is 2.17 bits per heavy atom. The lowest BCUT2D eigenvalue weighted by Gasteiger charge is -2.18.